The molecule has 0 unspecified atom stereocenters. The SMILES string of the molecule is FC(F)(F)c1ccc(N2CC[C@H]3CC[C@@H](C2)N3)nc1. The number of hydrogen-bond acceptors (Lipinski definition) is 3. The van der Waals surface area contributed by atoms with Crippen molar-refractivity contribution < 1.29 is 13.2 Å². The Kier molecular flexibility index (Phi) is 3.12. The molecule has 1 aromatic rings. The fourth-order valence-corrected chi connectivity index (χ4v) is 2.89. The number of nitrogens with one attached hydrogen (secondary N) is 1. The van der Waals surface area contributed by atoms with Crippen LogP contribution in [-0.2, 0) is 6.18 Å². The van der Waals surface area contributed by atoms with E-state index in [1.165, 1.54) is 12.5 Å². The highest BCUT2D eigenvalue weighted by Crippen LogP contribution is 2.30. The fourth-order valence-electron chi connectivity index (χ4n) is 2.89. The highest BCUT2D eigenvalue weighted by atomic mass is 19.4. The first-order valence-corrected chi connectivity index (χ1v) is 6.56. The van der Waals surface area contributed by atoms with Gasteiger partial charge < -0.3 is 10.2 Å². The van der Waals surface area contributed by atoms with Crippen molar-refractivity contribution in [2.24, 2.45) is 0 Å². The highest BCUT2D eigenvalue weighted by Gasteiger charge is 2.32. The van der Waals surface area contributed by atoms with Gasteiger partial charge in [0.15, 0.2) is 0 Å². The van der Waals surface area contributed by atoms with Crippen molar-refractivity contribution in [3.05, 3.63) is 23.9 Å². The standard InChI is InChI=1S/C13H16F3N3/c14-13(15,16)9-1-4-12(17-7-9)19-6-5-10-2-3-11(8-19)18-10/h1,4,7,10-11,18H,2-3,5-6,8H2/t10-,11+/m1/s1. The number of rotatable bonds is 1. The number of nitrogens with zero attached hydrogens (tertiary/aromatic N) is 2. The summed E-state index contributed by atoms with van der Waals surface area (Å²) in [5, 5.41) is 3.54. The molecule has 0 aromatic carbocycles. The average molecular weight is 271 g/mol. The van der Waals surface area contributed by atoms with Crippen molar-refractivity contribution in [1.29, 1.82) is 0 Å². The third-order valence-corrected chi connectivity index (χ3v) is 3.92. The zero-order valence-corrected chi connectivity index (χ0v) is 10.5. The van der Waals surface area contributed by atoms with Crippen LogP contribution >= 0.6 is 0 Å². The molecule has 0 radical (unpaired) electrons. The Hall–Kier alpha value is -1.30. The lowest BCUT2D eigenvalue weighted by molar-refractivity contribution is -0.137. The molecule has 2 saturated heterocycles. The number of halogens is 3. The molecule has 0 aliphatic carbocycles. The normalized spacial score (nSPS) is 27.4. The Bertz CT molecular complexity index is 443. The molecular weight excluding hydrogens is 255 g/mol. The van der Waals surface area contributed by atoms with Gasteiger partial charge in [0.1, 0.15) is 5.82 Å². The molecule has 104 valence electrons. The molecule has 2 bridgehead atoms. The van der Waals surface area contributed by atoms with E-state index in [1.807, 2.05) is 0 Å². The second kappa shape index (κ2) is 4.67. The van der Waals surface area contributed by atoms with E-state index in [0.717, 1.165) is 38.2 Å². The first-order valence-electron chi connectivity index (χ1n) is 6.56. The second-order valence-electron chi connectivity index (χ2n) is 5.28. The molecule has 2 aliphatic rings. The van der Waals surface area contributed by atoms with Gasteiger partial charge in [0.2, 0.25) is 0 Å². The van der Waals surface area contributed by atoms with Crippen LogP contribution < -0.4 is 10.2 Å². The summed E-state index contributed by atoms with van der Waals surface area (Å²) in [6.07, 6.45) is -0.0171. The van der Waals surface area contributed by atoms with Gasteiger partial charge in [-0.3, -0.25) is 0 Å². The van der Waals surface area contributed by atoms with Crippen LogP contribution in [0.5, 0.6) is 0 Å². The van der Waals surface area contributed by atoms with Gasteiger partial charge in [-0.1, -0.05) is 0 Å². The van der Waals surface area contributed by atoms with Gasteiger partial charge >= 0.3 is 6.18 Å². The molecule has 6 heteroatoms. The van der Waals surface area contributed by atoms with Crippen LogP contribution in [0.25, 0.3) is 0 Å². The third kappa shape index (κ3) is 2.68. The van der Waals surface area contributed by atoms with E-state index < -0.39 is 11.7 Å². The Balaban J connectivity index is 1.75. The van der Waals surface area contributed by atoms with E-state index in [1.54, 1.807) is 0 Å². The van der Waals surface area contributed by atoms with Gasteiger partial charge in [0.25, 0.3) is 0 Å². The van der Waals surface area contributed by atoms with Crippen LogP contribution in [-0.4, -0.2) is 30.2 Å². The minimum absolute atomic E-state index is 0.441. The fraction of sp³-hybridized carbons (Fsp3) is 0.615. The monoisotopic (exact) mass is 271 g/mol. The quantitative estimate of drug-likeness (QED) is 0.850. The molecule has 3 rings (SSSR count). The van der Waals surface area contributed by atoms with Gasteiger partial charge in [-0.2, -0.15) is 13.2 Å². The van der Waals surface area contributed by atoms with E-state index in [-0.39, 0.29) is 0 Å². The first kappa shape index (κ1) is 12.7. The lowest BCUT2D eigenvalue weighted by atomic mass is 10.1. The van der Waals surface area contributed by atoms with Crippen molar-refractivity contribution in [3.63, 3.8) is 0 Å². The highest BCUT2D eigenvalue weighted by molar-refractivity contribution is 5.40. The average Bonchev–Trinajstić information content (AvgIpc) is 2.68. The zero-order valence-electron chi connectivity index (χ0n) is 10.5. The second-order valence-corrected chi connectivity index (χ2v) is 5.28. The summed E-state index contributed by atoms with van der Waals surface area (Å²) in [6.45, 7) is 1.68. The number of fused-ring (bicyclic) bond motifs is 2. The van der Waals surface area contributed by atoms with E-state index in [4.69, 9.17) is 0 Å². The molecule has 3 heterocycles. The van der Waals surface area contributed by atoms with Gasteiger partial charge in [0.05, 0.1) is 5.56 Å². The lowest BCUT2D eigenvalue weighted by Crippen LogP contribution is -2.35. The van der Waals surface area contributed by atoms with Gasteiger partial charge in [-0.05, 0) is 31.4 Å². The van der Waals surface area contributed by atoms with Crippen LogP contribution in [0, 0.1) is 0 Å². The predicted octanol–water partition coefficient (Wildman–Crippen LogP) is 2.43. The molecule has 0 spiro atoms. The van der Waals surface area contributed by atoms with Gasteiger partial charge in [0, 0.05) is 31.4 Å². The van der Waals surface area contributed by atoms with Crippen molar-refractivity contribution in [1.82, 2.24) is 10.3 Å². The summed E-state index contributed by atoms with van der Waals surface area (Å²) in [6, 6.07) is 3.59. The van der Waals surface area contributed by atoms with Crippen LogP contribution in [0.3, 0.4) is 0 Å². The summed E-state index contributed by atoms with van der Waals surface area (Å²) in [5.41, 5.74) is -0.689. The van der Waals surface area contributed by atoms with E-state index in [9.17, 15) is 13.2 Å². The zero-order chi connectivity index (χ0) is 13.5. The Morgan fingerprint density at radius 2 is 1.95 bits per heavy atom. The van der Waals surface area contributed by atoms with Crippen LogP contribution in [0.1, 0.15) is 24.8 Å². The van der Waals surface area contributed by atoms with Crippen molar-refractivity contribution >= 4 is 5.82 Å². The summed E-state index contributed by atoms with van der Waals surface area (Å²) in [7, 11) is 0. The summed E-state index contributed by atoms with van der Waals surface area (Å²) in [5.74, 6) is 0.641. The molecule has 2 aliphatic heterocycles. The van der Waals surface area contributed by atoms with Gasteiger partial charge in [-0.25, -0.2) is 4.98 Å². The Morgan fingerprint density at radius 3 is 2.63 bits per heavy atom. The summed E-state index contributed by atoms with van der Waals surface area (Å²) in [4.78, 5) is 6.05. The molecular formula is C13H16F3N3. The minimum atomic E-state index is -4.31. The molecule has 19 heavy (non-hydrogen) atoms. The summed E-state index contributed by atoms with van der Waals surface area (Å²) < 4.78 is 37.5. The molecule has 1 aromatic heterocycles. The van der Waals surface area contributed by atoms with Crippen LogP contribution in [0.2, 0.25) is 0 Å². The number of hydrogen-bond donors (Lipinski definition) is 1. The minimum Gasteiger partial charge on any atom is -0.355 e. The number of alkyl halides is 3. The molecule has 2 fully saturated rings. The Morgan fingerprint density at radius 1 is 1.16 bits per heavy atom. The lowest BCUT2D eigenvalue weighted by Gasteiger charge is -2.25. The maximum atomic E-state index is 12.5. The largest absolute Gasteiger partial charge is 0.417 e. The topological polar surface area (TPSA) is 28.2 Å². The Labute approximate surface area is 109 Å². The van der Waals surface area contributed by atoms with Gasteiger partial charge in [-0.15, -0.1) is 0 Å². The first-order chi connectivity index (χ1) is 9.02. The number of pyridine rings is 1. The van der Waals surface area contributed by atoms with Crippen molar-refractivity contribution in [3.8, 4) is 0 Å². The predicted molar refractivity (Wildman–Crippen MR) is 66.0 cm³/mol. The van der Waals surface area contributed by atoms with E-state index in [0.29, 0.717) is 17.9 Å². The molecule has 0 amide bonds. The molecule has 3 nitrogen and oxygen atoms in total. The van der Waals surface area contributed by atoms with Crippen molar-refractivity contribution in [2.45, 2.75) is 37.5 Å². The molecule has 0 saturated carbocycles. The van der Waals surface area contributed by atoms with E-state index >= 15 is 0 Å². The summed E-state index contributed by atoms with van der Waals surface area (Å²) >= 11 is 0. The van der Waals surface area contributed by atoms with E-state index in [2.05, 4.69) is 15.2 Å². The maximum absolute atomic E-state index is 12.5. The smallest absolute Gasteiger partial charge is 0.355 e. The number of anilines is 1. The third-order valence-electron chi connectivity index (χ3n) is 3.92. The van der Waals surface area contributed by atoms with Crippen molar-refractivity contribution in [2.75, 3.05) is 18.0 Å². The van der Waals surface area contributed by atoms with Crippen LogP contribution in [0.4, 0.5) is 19.0 Å². The number of aromatic nitrogens is 1. The maximum Gasteiger partial charge on any atom is 0.417 e. The molecule has 2 atom stereocenters. The molecule has 1 N–H and O–H groups in total. The van der Waals surface area contributed by atoms with Crippen LogP contribution in [0.15, 0.2) is 18.3 Å².